The standard InChI is InChI=1S/C7H12N2O2S/c1-7(9-4-3-8)2-5-12(10,11)6-7/h9H,2,4-6H2,1H3. The van der Waals surface area contributed by atoms with Crippen LogP contribution in [-0.4, -0.2) is 32.0 Å². The molecule has 12 heavy (non-hydrogen) atoms. The Kier molecular flexibility index (Phi) is 2.40. The Labute approximate surface area is 72.5 Å². The normalized spacial score (nSPS) is 33.0. The van der Waals surface area contributed by atoms with Crippen molar-refractivity contribution >= 4 is 9.84 Å². The van der Waals surface area contributed by atoms with Crippen LogP contribution in [0.25, 0.3) is 0 Å². The van der Waals surface area contributed by atoms with Gasteiger partial charge in [-0.15, -0.1) is 0 Å². The molecule has 0 aromatic rings. The second-order valence-electron chi connectivity index (χ2n) is 3.41. The Bertz CT molecular complexity index is 304. The predicted octanol–water partition coefficient (Wildman–Crippen LogP) is -0.323. The van der Waals surface area contributed by atoms with E-state index in [0.29, 0.717) is 6.42 Å². The van der Waals surface area contributed by atoms with Gasteiger partial charge < -0.3 is 0 Å². The number of rotatable bonds is 2. The molecule has 0 saturated carbocycles. The molecule has 4 nitrogen and oxygen atoms in total. The molecule has 1 aliphatic rings. The largest absolute Gasteiger partial charge is 0.298 e. The van der Waals surface area contributed by atoms with Crippen molar-refractivity contribution in [3.05, 3.63) is 0 Å². The molecule has 0 aromatic heterocycles. The first-order valence-electron chi connectivity index (χ1n) is 3.80. The summed E-state index contributed by atoms with van der Waals surface area (Å²) in [5.74, 6) is 0.392. The van der Waals surface area contributed by atoms with Gasteiger partial charge in [0, 0.05) is 5.54 Å². The highest BCUT2D eigenvalue weighted by atomic mass is 32.2. The minimum absolute atomic E-state index is 0.154. The SMILES string of the molecule is CC1(NCC#N)CCS(=O)(=O)C1. The fraction of sp³-hybridized carbons (Fsp3) is 0.857. The minimum Gasteiger partial charge on any atom is -0.298 e. The van der Waals surface area contributed by atoms with Gasteiger partial charge in [0.25, 0.3) is 0 Å². The van der Waals surface area contributed by atoms with Gasteiger partial charge in [0.15, 0.2) is 9.84 Å². The van der Waals surface area contributed by atoms with Crippen LogP contribution in [0.2, 0.25) is 0 Å². The van der Waals surface area contributed by atoms with E-state index in [1.165, 1.54) is 0 Å². The molecule has 68 valence electrons. The van der Waals surface area contributed by atoms with Crippen molar-refractivity contribution in [1.29, 1.82) is 5.26 Å². The molecule has 1 rings (SSSR count). The fourth-order valence-corrected chi connectivity index (χ4v) is 3.53. The summed E-state index contributed by atoms with van der Waals surface area (Å²) in [6, 6.07) is 1.94. The first-order valence-corrected chi connectivity index (χ1v) is 5.62. The molecule has 0 radical (unpaired) electrons. The highest BCUT2D eigenvalue weighted by Gasteiger charge is 2.37. The summed E-state index contributed by atoms with van der Waals surface area (Å²) in [5, 5.41) is 11.2. The van der Waals surface area contributed by atoms with Crippen molar-refractivity contribution < 1.29 is 8.42 Å². The van der Waals surface area contributed by atoms with Crippen LogP contribution in [0.5, 0.6) is 0 Å². The van der Waals surface area contributed by atoms with Crippen molar-refractivity contribution in [2.24, 2.45) is 0 Å². The Balaban J connectivity index is 2.60. The van der Waals surface area contributed by atoms with Crippen molar-refractivity contribution in [2.75, 3.05) is 18.1 Å². The van der Waals surface area contributed by atoms with E-state index in [-0.39, 0.29) is 23.6 Å². The zero-order chi connectivity index (χ0) is 9.24. The Morgan fingerprint density at radius 2 is 2.33 bits per heavy atom. The van der Waals surface area contributed by atoms with Crippen LogP contribution < -0.4 is 5.32 Å². The van der Waals surface area contributed by atoms with Crippen LogP contribution in [0.1, 0.15) is 13.3 Å². The van der Waals surface area contributed by atoms with E-state index >= 15 is 0 Å². The third-order valence-corrected chi connectivity index (χ3v) is 4.00. The van der Waals surface area contributed by atoms with Crippen LogP contribution >= 0.6 is 0 Å². The lowest BCUT2D eigenvalue weighted by molar-refractivity contribution is 0.419. The van der Waals surface area contributed by atoms with E-state index < -0.39 is 9.84 Å². The Morgan fingerprint density at radius 3 is 2.75 bits per heavy atom. The number of nitrogens with one attached hydrogen (secondary N) is 1. The summed E-state index contributed by atoms with van der Waals surface area (Å²) >= 11 is 0. The first-order chi connectivity index (χ1) is 5.47. The molecule has 1 N–H and O–H groups in total. The van der Waals surface area contributed by atoms with Crippen LogP contribution in [0.4, 0.5) is 0 Å². The maximum atomic E-state index is 11.1. The number of nitrogens with zero attached hydrogens (tertiary/aromatic N) is 1. The smallest absolute Gasteiger partial charge is 0.152 e. The molecule has 0 amide bonds. The van der Waals surface area contributed by atoms with Gasteiger partial charge in [0.2, 0.25) is 0 Å². The topological polar surface area (TPSA) is 70.0 Å². The predicted molar refractivity (Wildman–Crippen MR) is 45.3 cm³/mol. The van der Waals surface area contributed by atoms with E-state index in [1.807, 2.05) is 13.0 Å². The van der Waals surface area contributed by atoms with Gasteiger partial charge in [-0.2, -0.15) is 5.26 Å². The first kappa shape index (κ1) is 9.49. The summed E-state index contributed by atoms with van der Waals surface area (Å²) in [6.45, 7) is 2.06. The lowest BCUT2D eigenvalue weighted by Crippen LogP contribution is -2.43. The number of hydrogen-bond donors (Lipinski definition) is 1. The summed E-state index contributed by atoms with van der Waals surface area (Å²) in [6.07, 6.45) is 0.608. The zero-order valence-corrected chi connectivity index (χ0v) is 7.82. The molecule has 1 atom stereocenters. The van der Waals surface area contributed by atoms with E-state index in [2.05, 4.69) is 5.32 Å². The highest BCUT2D eigenvalue weighted by molar-refractivity contribution is 7.91. The average Bonchev–Trinajstić information content (AvgIpc) is 2.23. The van der Waals surface area contributed by atoms with E-state index in [1.54, 1.807) is 0 Å². The Hall–Kier alpha value is -0.600. The quantitative estimate of drug-likeness (QED) is 0.603. The highest BCUT2D eigenvalue weighted by Crippen LogP contribution is 2.22. The lowest BCUT2D eigenvalue weighted by atomic mass is 10.0. The maximum Gasteiger partial charge on any atom is 0.152 e. The number of sulfone groups is 1. The van der Waals surface area contributed by atoms with Crippen LogP contribution in [0, 0.1) is 11.3 Å². The molecular formula is C7H12N2O2S. The van der Waals surface area contributed by atoms with Crippen molar-refractivity contribution in [3.63, 3.8) is 0 Å². The van der Waals surface area contributed by atoms with Crippen LogP contribution in [0.15, 0.2) is 0 Å². The summed E-state index contributed by atoms with van der Waals surface area (Å²) in [7, 11) is -2.86. The van der Waals surface area contributed by atoms with E-state index in [9.17, 15) is 8.42 Å². The van der Waals surface area contributed by atoms with Crippen LogP contribution in [-0.2, 0) is 9.84 Å². The van der Waals surface area contributed by atoms with E-state index in [4.69, 9.17) is 5.26 Å². The van der Waals surface area contributed by atoms with Gasteiger partial charge in [-0.1, -0.05) is 0 Å². The Morgan fingerprint density at radius 1 is 1.67 bits per heavy atom. The second-order valence-corrected chi connectivity index (χ2v) is 5.60. The van der Waals surface area contributed by atoms with E-state index in [0.717, 1.165) is 0 Å². The second kappa shape index (κ2) is 3.04. The molecule has 1 unspecified atom stereocenters. The van der Waals surface area contributed by atoms with Gasteiger partial charge in [0.1, 0.15) is 0 Å². The zero-order valence-electron chi connectivity index (χ0n) is 7.00. The van der Waals surface area contributed by atoms with Crippen molar-refractivity contribution in [3.8, 4) is 6.07 Å². The van der Waals surface area contributed by atoms with Crippen molar-refractivity contribution in [1.82, 2.24) is 5.32 Å². The molecule has 1 fully saturated rings. The molecule has 0 aliphatic carbocycles. The van der Waals surface area contributed by atoms with Gasteiger partial charge in [0.05, 0.1) is 24.1 Å². The molecule has 1 heterocycles. The molecule has 1 saturated heterocycles. The maximum absolute atomic E-state index is 11.1. The third kappa shape index (κ3) is 2.19. The third-order valence-electron chi connectivity index (χ3n) is 2.10. The monoisotopic (exact) mass is 188 g/mol. The minimum atomic E-state index is -2.86. The number of nitriles is 1. The van der Waals surface area contributed by atoms with Gasteiger partial charge in [-0.05, 0) is 13.3 Å². The van der Waals surface area contributed by atoms with Gasteiger partial charge in [-0.25, -0.2) is 8.42 Å². The fourth-order valence-electron chi connectivity index (χ4n) is 1.40. The van der Waals surface area contributed by atoms with Crippen molar-refractivity contribution in [2.45, 2.75) is 18.9 Å². The summed E-state index contributed by atoms with van der Waals surface area (Å²) in [5.41, 5.74) is -0.380. The van der Waals surface area contributed by atoms with Gasteiger partial charge in [-0.3, -0.25) is 5.32 Å². The molecule has 5 heteroatoms. The molecule has 1 aliphatic heterocycles. The number of hydrogen-bond acceptors (Lipinski definition) is 4. The lowest BCUT2D eigenvalue weighted by Gasteiger charge is -2.21. The molecule has 0 aromatic carbocycles. The molecule has 0 spiro atoms. The summed E-state index contributed by atoms with van der Waals surface area (Å²) in [4.78, 5) is 0. The molecule has 0 bridgehead atoms. The average molecular weight is 188 g/mol. The molecular weight excluding hydrogens is 176 g/mol. The van der Waals surface area contributed by atoms with Gasteiger partial charge >= 0.3 is 0 Å². The van der Waals surface area contributed by atoms with Crippen LogP contribution in [0.3, 0.4) is 0 Å². The summed E-state index contributed by atoms with van der Waals surface area (Å²) < 4.78 is 22.2.